The lowest BCUT2D eigenvalue weighted by molar-refractivity contribution is -0.137. The minimum absolute atomic E-state index is 0.0381. The molecule has 9 nitrogen and oxygen atoms in total. The molecule has 0 spiro atoms. The lowest BCUT2D eigenvalue weighted by atomic mass is 9.74. The van der Waals surface area contributed by atoms with Crippen LogP contribution in [-0.2, 0) is 23.6 Å². The molecule has 0 aromatic carbocycles. The molecule has 0 radical (unpaired) electrons. The Labute approximate surface area is 211 Å². The van der Waals surface area contributed by atoms with Crippen molar-refractivity contribution in [2.24, 2.45) is 5.92 Å². The first-order valence-electron chi connectivity index (χ1n) is 12.6. The summed E-state index contributed by atoms with van der Waals surface area (Å²) in [6.07, 6.45) is 1.15. The molecular formula is C25H46BN3O6. The number of nitrogens with one attached hydrogen (secondary N) is 2. The van der Waals surface area contributed by atoms with E-state index < -0.39 is 34.0 Å². The van der Waals surface area contributed by atoms with Crippen LogP contribution in [0.1, 0.15) is 89.0 Å². The number of hydrogen-bond acceptors (Lipinski definition) is 6. The highest BCUT2D eigenvalue weighted by atomic mass is 16.7. The van der Waals surface area contributed by atoms with Gasteiger partial charge in [0.1, 0.15) is 11.1 Å². The molecule has 0 aromatic heterocycles. The van der Waals surface area contributed by atoms with E-state index >= 15 is 0 Å². The molecule has 3 amide bonds. The summed E-state index contributed by atoms with van der Waals surface area (Å²) >= 11 is 0. The average Bonchev–Trinajstić information content (AvgIpc) is 2.83. The molecule has 0 saturated carbocycles. The van der Waals surface area contributed by atoms with Crippen molar-refractivity contribution in [3.8, 4) is 0 Å². The van der Waals surface area contributed by atoms with Gasteiger partial charge in [-0.25, -0.2) is 4.79 Å². The van der Waals surface area contributed by atoms with E-state index in [4.69, 9.17) is 14.0 Å². The molecule has 0 unspecified atom stereocenters. The van der Waals surface area contributed by atoms with E-state index in [1.54, 1.807) is 25.7 Å². The minimum Gasteiger partial charge on any atom is -0.444 e. The van der Waals surface area contributed by atoms with Crippen molar-refractivity contribution >= 4 is 25.0 Å². The van der Waals surface area contributed by atoms with Gasteiger partial charge in [-0.15, -0.1) is 0 Å². The van der Waals surface area contributed by atoms with Crippen LogP contribution in [0.2, 0.25) is 6.32 Å². The van der Waals surface area contributed by atoms with Crippen molar-refractivity contribution in [2.75, 3.05) is 13.1 Å². The van der Waals surface area contributed by atoms with E-state index in [0.717, 1.165) is 0 Å². The molecule has 10 heteroatoms. The van der Waals surface area contributed by atoms with E-state index in [2.05, 4.69) is 10.6 Å². The van der Waals surface area contributed by atoms with Gasteiger partial charge in [-0.2, -0.15) is 0 Å². The zero-order chi connectivity index (χ0) is 27.0. The first-order chi connectivity index (χ1) is 15.6. The number of likely N-dealkylation sites (tertiary alicyclic amines) is 1. The van der Waals surface area contributed by atoms with Crippen molar-refractivity contribution in [1.82, 2.24) is 15.5 Å². The average molecular weight is 495 g/mol. The SMILES string of the molecule is CC(=O)N[C@]1(C(=O)NC(C)(C)C)C[C@H](CCB2OC(C)(C)C(C)(C)O2)CN(C(=O)OC(C)(C)C)C1. The number of carbonyl (C=O) groups is 3. The maximum Gasteiger partial charge on any atom is 0.457 e. The minimum atomic E-state index is -1.27. The summed E-state index contributed by atoms with van der Waals surface area (Å²) in [6.45, 7) is 20.9. The molecule has 0 bridgehead atoms. The third-order valence-corrected chi connectivity index (χ3v) is 6.68. The Hall–Kier alpha value is -1.81. The number of nitrogens with zero attached hydrogens (tertiary/aromatic N) is 1. The fourth-order valence-corrected chi connectivity index (χ4v) is 4.55. The smallest absolute Gasteiger partial charge is 0.444 e. The van der Waals surface area contributed by atoms with E-state index in [1.165, 1.54) is 6.92 Å². The number of amides is 3. The van der Waals surface area contributed by atoms with Gasteiger partial charge >= 0.3 is 13.2 Å². The van der Waals surface area contributed by atoms with Gasteiger partial charge in [0.05, 0.1) is 17.7 Å². The normalized spacial score (nSPS) is 26.3. The first kappa shape index (κ1) is 29.4. The Morgan fingerprint density at radius 1 is 1.03 bits per heavy atom. The molecule has 0 aliphatic carbocycles. The zero-order valence-electron chi connectivity index (χ0n) is 23.6. The summed E-state index contributed by atoms with van der Waals surface area (Å²) in [5.41, 5.74) is -3.32. The van der Waals surface area contributed by atoms with Gasteiger partial charge in [0.25, 0.3) is 0 Å². The molecule has 200 valence electrons. The summed E-state index contributed by atoms with van der Waals surface area (Å²) in [6, 6.07) is 0. The number of piperidine rings is 1. The third kappa shape index (κ3) is 7.84. The number of ether oxygens (including phenoxy) is 1. The van der Waals surface area contributed by atoms with Crippen LogP contribution in [0.15, 0.2) is 0 Å². The molecule has 0 aromatic rings. The maximum absolute atomic E-state index is 13.5. The highest BCUT2D eigenvalue weighted by Crippen LogP contribution is 2.39. The first-order valence-corrected chi connectivity index (χ1v) is 12.6. The van der Waals surface area contributed by atoms with Crippen molar-refractivity contribution in [2.45, 2.75) is 123 Å². The molecule has 2 saturated heterocycles. The van der Waals surface area contributed by atoms with E-state index in [1.807, 2.05) is 48.5 Å². The van der Waals surface area contributed by atoms with Crippen LogP contribution >= 0.6 is 0 Å². The van der Waals surface area contributed by atoms with Crippen molar-refractivity contribution in [3.05, 3.63) is 0 Å². The van der Waals surface area contributed by atoms with Crippen molar-refractivity contribution in [3.63, 3.8) is 0 Å². The lowest BCUT2D eigenvalue weighted by Crippen LogP contribution is -2.69. The van der Waals surface area contributed by atoms with E-state index in [9.17, 15) is 14.4 Å². The van der Waals surface area contributed by atoms with E-state index in [0.29, 0.717) is 25.7 Å². The van der Waals surface area contributed by atoms with Crippen LogP contribution in [0, 0.1) is 5.92 Å². The van der Waals surface area contributed by atoms with Crippen LogP contribution in [-0.4, -0.2) is 70.9 Å². The monoisotopic (exact) mass is 495 g/mol. The van der Waals surface area contributed by atoms with Crippen LogP contribution in [0.4, 0.5) is 4.79 Å². The fourth-order valence-electron chi connectivity index (χ4n) is 4.55. The second-order valence-electron chi connectivity index (χ2n) is 13.2. The Bertz CT molecular complexity index is 801. The topological polar surface area (TPSA) is 106 Å². The van der Waals surface area contributed by atoms with Crippen LogP contribution in [0.5, 0.6) is 0 Å². The van der Waals surface area contributed by atoms with Gasteiger partial charge in [0, 0.05) is 19.0 Å². The summed E-state index contributed by atoms with van der Waals surface area (Å²) in [4.78, 5) is 40.4. The second-order valence-corrected chi connectivity index (χ2v) is 13.2. The predicted molar refractivity (Wildman–Crippen MR) is 136 cm³/mol. The molecular weight excluding hydrogens is 449 g/mol. The Morgan fingerprint density at radius 3 is 2.03 bits per heavy atom. The van der Waals surface area contributed by atoms with Crippen molar-refractivity contribution in [1.29, 1.82) is 0 Å². The van der Waals surface area contributed by atoms with Crippen molar-refractivity contribution < 1.29 is 28.4 Å². The summed E-state index contributed by atoms with van der Waals surface area (Å²) in [5.74, 6) is -0.716. The number of hydrogen-bond donors (Lipinski definition) is 2. The summed E-state index contributed by atoms with van der Waals surface area (Å²) in [5, 5.41) is 5.89. The van der Waals surface area contributed by atoms with Gasteiger partial charge in [0.15, 0.2) is 0 Å². The second kappa shape index (κ2) is 9.92. The predicted octanol–water partition coefficient (Wildman–Crippen LogP) is 3.52. The van der Waals surface area contributed by atoms with Crippen LogP contribution < -0.4 is 10.6 Å². The Balaban J connectivity index is 2.30. The largest absolute Gasteiger partial charge is 0.457 e. The quantitative estimate of drug-likeness (QED) is 0.566. The number of rotatable bonds is 5. The number of carbonyl (C=O) groups excluding carboxylic acids is 3. The van der Waals surface area contributed by atoms with Gasteiger partial charge in [-0.05, 0) is 87.9 Å². The molecule has 2 heterocycles. The fraction of sp³-hybridized carbons (Fsp3) is 0.880. The standard InChI is InChI=1S/C25H46BN3O6/c1-17(30)27-25(19(31)28-21(2,3)4)14-18(15-29(16-25)20(32)33-22(5,6)7)12-13-26-34-23(8,9)24(10,11)35-26/h18H,12-16H2,1-11H3,(H,27,30)(H,28,31)/t18-,25+/m0/s1. The van der Waals surface area contributed by atoms with Gasteiger partial charge in [-0.1, -0.05) is 6.42 Å². The molecule has 2 N–H and O–H groups in total. The summed E-state index contributed by atoms with van der Waals surface area (Å²) in [7, 11) is -0.379. The highest BCUT2D eigenvalue weighted by Gasteiger charge is 2.52. The Kier molecular flexibility index (Phi) is 8.34. The molecule has 35 heavy (non-hydrogen) atoms. The molecule has 2 atom stereocenters. The van der Waals surface area contributed by atoms with Gasteiger partial charge < -0.3 is 29.6 Å². The highest BCUT2D eigenvalue weighted by molar-refractivity contribution is 6.45. The molecule has 2 aliphatic rings. The van der Waals surface area contributed by atoms with Crippen LogP contribution in [0.3, 0.4) is 0 Å². The van der Waals surface area contributed by atoms with Gasteiger partial charge in [0.2, 0.25) is 11.8 Å². The third-order valence-electron chi connectivity index (χ3n) is 6.68. The molecule has 2 aliphatic heterocycles. The van der Waals surface area contributed by atoms with Gasteiger partial charge in [-0.3, -0.25) is 9.59 Å². The molecule has 2 fully saturated rings. The molecule has 2 rings (SSSR count). The van der Waals surface area contributed by atoms with Crippen LogP contribution in [0.25, 0.3) is 0 Å². The van der Waals surface area contributed by atoms with E-state index in [-0.39, 0.29) is 31.4 Å². The summed E-state index contributed by atoms with van der Waals surface area (Å²) < 4.78 is 17.9. The lowest BCUT2D eigenvalue weighted by Gasteiger charge is -2.46. The zero-order valence-corrected chi connectivity index (χ0v) is 23.6. The maximum atomic E-state index is 13.5. The Morgan fingerprint density at radius 2 is 1.57 bits per heavy atom.